The first-order chi connectivity index (χ1) is 15.8. The first-order valence-electron chi connectivity index (χ1n) is 11.0. The Labute approximate surface area is 186 Å². The minimum absolute atomic E-state index is 0.0800. The predicted octanol–water partition coefficient (Wildman–Crippen LogP) is 3.21. The Morgan fingerprint density at radius 1 is 0.938 bits per heavy atom. The largest absolute Gasteiger partial charge is 0.465 e. The standard InChI is InChI=1S/C25H23N5O2/c1-2-4-17(5-3-1)23-16-29-25(32-23)24-27-13-18(14-28-24)20-6-7-22-21(20)12-19(15-26-22)30-8-10-31-11-9-30/h1-6,12-15,23H,7-11,16H2/t23-/m1/s1. The molecule has 0 unspecified atom stereocenters. The number of rotatable bonds is 4. The molecule has 3 aliphatic rings. The fourth-order valence-electron chi connectivity index (χ4n) is 4.37. The lowest BCUT2D eigenvalue weighted by Crippen LogP contribution is -2.36. The highest BCUT2D eigenvalue weighted by Crippen LogP contribution is 2.34. The number of fused-ring (bicyclic) bond motifs is 1. The van der Waals surface area contributed by atoms with Crippen molar-refractivity contribution < 1.29 is 9.47 Å². The van der Waals surface area contributed by atoms with E-state index in [9.17, 15) is 0 Å². The molecule has 1 fully saturated rings. The molecule has 32 heavy (non-hydrogen) atoms. The number of pyridine rings is 1. The second-order valence-corrected chi connectivity index (χ2v) is 8.07. The number of ether oxygens (including phenoxy) is 2. The first kappa shape index (κ1) is 19.1. The van der Waals surface area contributed by atoms with Crippen molar-refractivity contribution in [3.63, 3.8) is 0 Å². The zero-order valence-electron chi connectivity index (χ0n) is 17.6. The van der Waals surface area contributed by atoms with Crippen LogP contribution >= 0.6 is 0 Å². The van der Waals surface area contributed by atoms with Gasteiger partial charge in [0, 0.05) is 43.0 Å². The molecule has 160 valence electrons. The molecule has 0 bridgehead atoms. The van der Waals surface area contributed by atoms with Crippen molar-refractivity contribution in [2.24, 2.45) is 4.99 Å². The minimum atomic E-state index is -0.0800. The Hall–Kier alpha value is -3.58. The maximum Gasteiger partial charge on any atom is 0.255 e. The number of hydrogen-bond donors (Lipinski definition) is 0. The van der Waals surface area contributed by atoms with Crippen LogP contribution in [0.3, 0.4) is 0 Å². The highest BCUT2D eigenvalue weighted by molar-refractivity contribution is 5.92. The summed E-state index contributed by atoms with van der Waals surface area (Å²) in [6.07, 6.45) is 8.62. The molecule has 4 heterocycles. The normalized spacial score (nSPS) is 19.9. The van der Waals surface area contributed by atoms with Gasteiger partial charge in [-0.25, -0.2) is 15.0 Å². The molecule has 0 amide bonds. The summed E-state index contributed by atoms with van der Waals surface area (Å²) in [5, 5.41) is 0. The summed E-state index contributed by atoms with van der Waals surface area (Å²) in [4.78, 5) is 20.7. The van der Waals surface area contributed by atoms with E-state index < -0.39 is 0 Å². The highest BCUT2D eigenvalue weighted by atomic mass is 16.5. The van der Waals surface area contributed by atoms with Gasteiger partial charge in [0.2, 0.25) is 5.82 Å². The third-order valence-corrected chi connectivity index (χ3v) is 6.10. The second kappa shape index (κ2) is 8.16. The lowest BCUT2D eigenvalue weighted by atomic mass is 10.0. The predicted molar refractivity (Wildman–Crippen MR) is 122 cm³/mol. The van der Waals surface area contributed by atoms with Crippen molar-refractivity contribution in [3.8, 4) is 0 Å². The summed E-state index contributed by atoms with van der Waals surface area (Å²) in [5.41, 5.74) is 6.61. The van der Waals surface area contributed by atoms with Crippen LogP contribution in [0, 0.1) is 0 Å². The van der Waals surface area contributed by atoms with Crippen LogP contribution in [0.25, 0.3) is 5.57 Å². The van der Waals surface area contributed by atoms with E-state index in [1.807, 2.05) is 36.8 Å². The maximum atomic E-state index is 6.02. The molecule has 3 aromatic rings. The Morgan fingerprint density at radius 2 is 1.75 bits per heavy atom. The van der Waals surface area contributed by atoms with Gasteiger partial charge in [-0.05, 0) is 17.2 Å². The van der Waals surface area contributed by atoms with E-state index in [2.05, 4.69) is 44.1 Å². The third kappa shape index (κ3) is 3.54. The number of nitrogens with zero attached hydrogens (tertiary/aromatic N) is 5. The van der Waals surface area contributed by atoms with Crippen molar-refractivity contribution in [3.05, 3.63) is 89.3 Å². The molecular weight excluding hydrogens is 402 g/mol. The molecule has 2 aromatic heterocycles. The number of aliphatic imine (C=N–C) groups is 1. The van der Waals surface area contributed by atoms with Gasteiger partial charge in [-0.3, -0.25) is 4.98 Å². The molecule has 0 N–H and O–H groups in total. The van der Waals surface area contributed by atoms with Crippen LogP contribution in [0.1, 0.15) is 34.3 Å². The monoisotopic (exact) mass is 425 g/mol. The topological polar surface area (TPSA) is 72.7 Å². The summed E-state index contributed by atoms with van der Waals surface area (Å²) in [6, 6.07) is 12.3. The molecular formula is C25H23N5O2. The summed E-state index contributed by atoms with van der Waals surface area (Å²) < 4.78 is 11.5. The SMILES string of the molecule is C1=C(c2cnc(C3=NC[C@H](c4ccccc4)O3)nc2)c2cc(N3CCOCC3)cnc2C1. The third-order valence-electron chi connectivity index (χ3n) is 6.10. The number of aromatic nitrogens is 3. The number of anilines is 1. The summed E-state index contributed by atoms with van der Waals surface area (Å²) >= 11 is 0. The van der Waals surface area contributed by atoms with Crippen molar-refractivity contribution in [2.75, 3.05) is 37.7 Å². The van der Waals surface area contributed by atoms with E-state index in [-0.39, 0.29) is 6.10 Å². The zero-order chi connectivity index (χ0) is 21.3. The first-order valence-corrected chi connectivity index (χ1v) is 11.0. The van der Waals surface area contributed by atoms with E-state index in [0.717, 1.165) is 66.4 Å². The van der Waals surface area contributed by atoms with Crippen molar-refractivity contribution >= 4 is 17.2 Å². The Kier molecular flexibility index (Phi) is 4.88. The molecule has 7 heteroatoms. The van der Waals surface area contributed by atoms with E-state index in [1.54, 1.807) is 0 Å². The quantitative estimate of drug-likeness (QED) is 0.639. The fourth-order valence-corrected chi connectivity index (χ4v) is 4.37. The van der Waals surface area contributed by atoms with Crippen LogP contribution < -0.4 is 4.90 Å². The zero-order valence-corrected chi connectivity index (χ0v) is 17.6. The van der Waals surface area contributed by atoms with E-state index in [0.29, 0.717) is 18.3 Å². The lowest BCUT2D eigenvalue weighted by molar-refractivity contribution is 0.122. The van der Waals surface area contributed by atoms with Gasteiger partial charge in [0.15, 0.2) is 0 Å². The van der Waals surface area contributed by atoms with Gasteiger partial charge in [0.1, 0.15) is 6.10 Å². The van der Waals surface area contributed by atoms with Crippen LogP contribution in [0.15, 0.2) is 66.1 Å². The van der Waals surface area contributed by atoms with Crippen LogP contribution in [-0.4, -0.2) is 53.7 Å². The molecule has 1 aromatic carbocycles. The van der Waals surface area contributed by atoms with Gasteiger partial charge in [0.25, 0.3) is 5.90 Å². The molecule has 7 nitrogen and oxygen atoms in total. The molecule has 0 saturated carbocycles. The minimum Gasteiger partial charge on any atom is -0.465 e. The molecule has 0 spiro atoms. The summed E-state index contributed by atoms with van der Waals surface area (Å²) in [5.74, 6) is 1.02. The average molecular weight is 425 g/mol. The second-order valence-electron chi connectivity index (χ2n) is 8.07. The molecule has 1 saturated heterocycles. The van der Waals surface area contributed by atoms with Crippen molar-refractivity contribution in [1.82, 2.24) is 15.0 Å². The summed E-state index contributed by atoms with van der Waals surface area (Å²) in [6.45, 7) is 3.88. The smallest absolute Gasteiger partial charge is 0.255 e. The van der Waals surface area contributed by atoms with Gasteiger partial charge in [-0.1, -0.05) is 36.4 Å². The van der Waals surface area contributed by atoms with Gasteiger partial charge in [0.05, 0.1) is 37.3 Å². The van der Waals surface area contributed by atoms with E-state index in [4.69, 9.17) is 14.5 Å². The van der Waals surface area contributed by atoms with Crippen LogP contribution in [0.4, 0.5) is 5.69 Å². The Morgan fingerprint density at radius 3 is 2.56 bits per heavy atom. The number of allylic oxidation sites excluding steroid dienone is 1. The number of hydrogen-bond acceptors (Lipinski definition) is 7. The molecule has 6 rings (SSSR count). The highest BCUT2D eigenvalue weighted by Gasteiger charge is 2.25. The van der Waals surface area contributed by atoms with E-state index in [1.165, 1.54) is 0 Å². The lowest BCUT2D eigenvalue weighted by Gasteiger charge is -2.29. The number of morpholine rings is 1. The molecule has 2 aliphatic heterocycles. The molecule has 1 aliphatic carbocycles. The fraction of sp³-hybridized carbons (Fsp3) is 0.280. The average Bonchev–Trinajstić information content (AvgIpc) is 3.53. The summed E-state index contributed by atoms with van der Waals surface area (Å²) in [7, 11) is 0. The Bertz CT molecular complexity index is 1180. The van der Waals surface area contributed by atoms with Gasteiger partial charge in [-0.2, -0.15) is 0 Å². The molecule has 0 radical (unpaired) electrons. The van der Waals surface area contributed by atoms with Crippen molar-refractivity contribution in [2.45, 2.75) is 12.5 Å². The van der Waals surface area contributed by atoms with Crippen LogP contribution in [-0.2, 0) is 15.9 Å². The molecule has 1 atom stereocenters. The van der Waals surface area contributed by atoms with E-state index >= 15 is 0 Å². The van der Waals surface area contributed by atoms with Crippen molar-refractivity contribution in [1.29, 1.82) is 0 Å². The van der Waals surface area contributed by atoms with Gasteiger partial charge in [-0.15, -0.1) is 0 Å². The van der Waals surface area contributed by atoms with Crippen LogP contribution in [0.5, 0.6) is 0 Å². The maximum absolute atomic E-state index is 6.02. The Balaban J connectivity index is 1.20. The van der Waals surface area contributed by atoms with Gasteiger partial charge >= 0.3 is 0 Å². The van der Waals surface area contributed by atoms with Crippen LogP contribution in [0.2, 0.25) is 0 Å². The van der Waals surface area contributed by atoms with Gasteiger partial charge < -0.3 is 14.4 Å². The number of benzene rings is 1.